The molecule has 1 aliphatic rings. The highest BCUT2D eigenvalue weighted by Gasteiger charge is 2.40. The van der Waals surface area contributed by atoms with Gasteiger partial charge < -0.3 is 9.30 Å². The molecule has 2 rings (SSSR count). The van der Waals surface area contributed by atoms with E-state index in [1.54, 1.807) is 0 Å². The van der Waals surface area contributed by atoms with Crippen molar-refractivity contribution >= 4 is 11.6 Å². The summed E-state index contributed by atoms with van der Waals surface area (Å²) in [6, 6.07) is 0. The van der Waals surface area contributed by atoms with Gasteiger partial charge in [-0.2, -0.15) is 0 Å². The van der Waals surface area contributed by atoms with Crippen LogP contribution >= 0.6 is 11.6 Å². The predicted octanol–water partition coefficient (Wildman–Crippen LogP) is 2.08. The molecule has 16 heavy (non-hydrogen) atoms. The van der Waals surface area contributed by atoms with E-state index in [1.165, 1.54) is 0 Å². The van der Waals surface area contributed by atoms with Crippen LogP contribution in [0, 0.1) is 5.92 Å². The highest BCUT2D eigenvalue weighted by atomic mass is 35.5. The third-order valence-electron chi connectivity index (χ3n) is 3.66. The van der Waals surface area contributed by atoms with Gasteiger partial charge in [0.2, 0.25) is 0 Å². The molecule has 0 bridgehead atoms. The van der Waals surface area contributed by atoms with Crippen LogP contribution in [0.1, 0.15) is 38.3 Å². The van der Waals surface area contributed by atoms with Crippen LogP contribution < -0.4 is 0 Å². The van der Waals surface area contributed by atoms with Crippen LogP contribution in [0.25, 0.3) is 0 Å². The summed E-state index contributed by atoms with van der Waals surface area (Å²) in [5.74, 6) is 2.97. The molecule has 0 N–H and O–H groups in total. The van der Waals surface area contributed by atoms with Crippen LogP contribution in [0.5, 0.6) is 0 Å². The molecule has 1 aliphatic heterocycles. The second kappa shape index (κ2) is 4.34. The van der Waals surface area contributed by atoms with Gasteiger partial charge in [0.15, 0.2) is 0 Å². The highest BCUT2D eigenvalue weighted by Crippen LogP contribution is 2.38. The first-order valence-electron chi connectivity index (χ1n) is 5.65. The zero-order chi connectivity index (χ0) is 11.9. The number of rotatable bonds is 2. The van der Waals surface area contributed by atoms with Crippen molar-refractivity contribution in [3.05, 3.63) is 11.6 Å². The van der Waals surface area contributed by atoms with Crippen molar-refractivity contribution in [1.82, 2.24) is 14.8 Å². The molecule has 4 atom stereocenters. The Morgan fingerprint density at radius 1 is 1.25 bits per heavy atom. The van der Waals surface area contributed by atoms with Gasteiger partial charge in [-0.05, 0) is 19.8 Å². The summed E-state index contributed by atoms with van der Waals surface area (Å²) in [5.41, 5.74) is 0. The zero-order valence-electron chi connectivity index (χ0n) is 10.1. The molecule has 0 aromatic carbocycles. The first kappa shape index (κ1) is 11.9. The van der Waals surface area contributed by atoms with Crippen LogP contribution in [0.4, 0.5) is 0 Å². The summed E-state index contributed by atoms with van der Waals surface area (Å²) in [6.45, 7) is 6.41. The van der Waals surface area contributed by atoms with E-state index in [0.717, 1.165) is 11.6 Å². The van der Waals surface area contributed by atoms with Crippen LogP contribution in [0.3, 0.4) is 0 Å². The van der Waals surface area contributed by atoms with E-state index >= 15 is 0 Å². The maximum absolute atomic E-state index is 5.82. The van der Waals surface area contributed by atoms with Gasteiger partial charge in [-0.1, -0.05) is 6.92 Å². The smallest absolute Gasteiger partial charge is 0.147 e. The monoisotopic (exact) mass is 243 g/mol. The number of alkyl halides is 1. The maximum atomic E-state index is 5.82. The molecule has 1 aromatic rings. The molecule has 0 amide bonds. The van der Waals surface area contributed by atoms with Gasteiger partial charge in [0, 0.05) is 7.05 Å². The minimum atomic E-state index is 0.191. The molecule has 0 saturated carbocycles. The third-order valence-corrected chi connectivity index (χ3v) is 3.90. The molecule has 1 fully saturated rings. The molecular weight excluding hydrogens is 226 g/mol. The third kappa shape index (κ3) is 1.74. The SMILES string of the molecule is CC1OC(C)C(c2nnc(CCl)n2C)C1C. The van der Waals surface area contributed by atoms with Crippen molar-refractivity contribution in [2.24, 2.45) is 13.0 Å². The molecule has 4 unspecified atom stereocenters. The lowest BCUT2D eigenvalue weighted by Crippen LogP contribution is -2.19. The van der Waals surface area contributed by atoms with Gasteiger partial charge in [0.05, 0.1) is 24.0 Å². The summed E-state index contributed by atoms with van der Waals surface area (Å²) in [6.07, 6.45) is 0.465. The fraction of sp³-hybridized carbons (Fsp3) is 0.818. The van der Waals surface area contributed by atoms with E-state index in [4.69, 9.17) is 16.3 Å². The van der Waals surface area contributed by atoms with E-state index in [2.05, 4.69) is 31.0 Å². The second-order valence-electron chi connectivity index (χ2n) is 4.60. The lowest BCUT2D eigenvalue weighted by Gasteiger charge is -2.17. The van der Waals surface area contributed by atoms with Crippen LogP contribution in [0.2, 0.25) is 0 Å². The number of aromatic nitrogens is 3. The van der Waals surface area contributed by atoms with Gasteiger partial charge in [0.25, 0.3) is 0 Å². The van der Waals surface area contributed by atoms with Gasteiger partial charge >= 0.3 is 0 Å². The standard InChI is InChI=1S/C11H18ClN3O/c1-6-7(2)16-8(3)10(6)11-14-13-9(5-12)15(11)4/h6-8,10H,5H2,1-4H3. The molecule has 1 saturated heterocycles. The molecule has 0 aliphatic carbocycles. The molecule has 4 nitrogen and oxygen atoms in total. The van der Waals surface area contributed by atoms with Gasteiger partial charge in [-0.15, -0.1) is 21.8 Å². The molecule has 2 heterocycles. The van der Waals surface area contributed by atoms with E-state index in [9.17, 15) is 0 Å². The number of halogens is 1. The van der Waals surface area contributed by atoms with Crippen LogP contribution in [0.15, 0.2) is 0 Å². The molecular formula is C11H18ClN3O. The summed E-state index contributed by atoms with van der Waals surface area (Å²) < 4.78 is 7.82. The second-order valence-corrected chi connectivity index (χ2v) is 4.87. The maximum Gasteiger partial charge on any atom is 0.147 e. The Morgan fingerprint density at radius 3 is 2.38 bits per heavy atom. The predicted molar refractivity (Wildman–Crippen MR) is 62.5 cm³/mol. The molecule has 0 spiro atoms. The average Bonchev–Trinajstić information content (AvgIpc) is 2.70. The Morgan fingerprint density at radius 2 is 1.94 bits per heavy atom. The van der Waals surface area contributed by atoms with Crippen LogP contribution in [-0.2, 0) is 17.7 Å². The first-order valence-corrected chi connectivity index (χ1v) is 6.19. The Labute approximate surface area is 101 Å². The summed E-state index contributed by atoms with van der Waals surface area (Å²) in [7, 11) is 1.97. The Bertz CT molecular complexity index is 379. The van der Waals surface area contributed by atoms with Crippen molar-refractivity contribution in [1.29, 1.82) is 0 Å². The quantitative estimate of drug-likeness (QED) is 0.747. The van der Waals surface area contributed by atoms with E-state index in [1.807, 2.05) is 11.6 Å². The van der Waals surface area contributed by atoms with Crippen molar-refractivity contribution in [2.45, 2.75) is 44.8 Å². The van der Waals surface area contributed by atoms with Gasteiger partial charge in [-0.25, -0.2) is 0 Å². The lowest BCUT2D eigenvalue weighted by molar-refractivity contribution is 0.0552. The number of nitrogens with zero attached hydrogens (tertiary/aromatic N) is 3. The topological polar surface area (TPSA) is 39.9 Å². The first-order chi connectivity index (χ1) is 7.56. The lowest BCUT2D eigenvalue weighted by atomic mass is 9.89. The number of hydrogen-bond acceptors (Lipinski definition) is 3. The van der Waals surface area contributed by atoms with E-state index in [-0.39, 0.29) is 12.2 Å². The van der Waals surface area contributed by atoms with Crippen LogP contribution in [-0.4, -0.2) is 27.0 Å². The normalized spacial score (nSPS) is 34.6. The number of ether oxygens (including phenoxy) is 1. The fourth-order valence-corrected chi connectivity index (χ4v) is 2.73. The summed E-state index contributed by atoms with van der Waals surface area (Å²) in [4.78, 5) is 0. The Balaban J connectivity index is 2.33. The molecule has 0 radical (unpaired) electrons. The average molecular weight is 244 g/mol. The van der Waals surface area contributed by atoms with E-state index in [0.29, 0.717) is 17.7 Å². The van der Waals surface area contributed by atoms with E-state index < -0.39 is 0 Å². The van der Waals surface area contributed by atoms with Crippen molar-refractivity contribution in [2.75, 3.05) is 0 Å². The van der Waals surface area contributed by atoms with Crippen molar-refractivity contribution < 1.29 is 4.74 Å². The largest absolute Gasteiger partial charge is 0.374 e. The highest BCUT2D eigenvalue weighted by molar-refractivity contribution is 6.16. The molecule has 1 aromatic heterocycles. The van der Waals surface area contributed by atoms with Gasteiger partial charge in [-0.3, -0.25) is 0 Å². The molecule has 90 valence electrons. The zero-order valence-corrected chi connectivity index (χ0v) is 10.9. The fourth-order valence-electron chi connectivity index (χ4n) is 2.49. The summed E-state index contributed by atoms with van der Waals surface area (Å²) in [5, 5.41) is 8.35. The van der Waals surface area contributed by atoms with Gasteiger partial charge in [0.1, 0.15) is 11.6 Å². The number of hydrogen-bond donors (Lipinski definition) is 0. The summed E-state index contributed by atoms with van der Waals surface area (Å²) >= 11 is 5.80. The Kier molecular flexibility index (Phi) is 3.22. The Hall–Kier alpha value is -0.610. The van der Waals surface area contributed by atoms with Crippen molar-refractivity contribution in [3.8, 4) is 0 Å². The minimum Gasteiger partial charge on any atom is -0.374 e. The molecule has 5 heteroatoms. The minimum absolute atomic E-state index is 0.191. The van der Waals surface area contributed by atoms with Crippen molar-refractivity contribution in [3.63, 3.8) is 0 Å².